The Kier molecular flexibility index (Phi) is 6.67. The monoisotopic (exact) mass is 400 g/mol. The van der Waals surface area contributed by atoms with E-state index in [2.05, 4.69) is 41.4 Å². The van der Waals surface area contributed by atoms with E-state index in [1.807, 2.05) is 25.1 Å². The molecule has 0 aliphatic rings. The van der Waals surface area contributed by atoms with Gasteiger partial charge in [0.25, 0.3) is 0 Å². The summed E-state index contributed by atoms with van der Waals surface area (Å²) in [6.07, 6.45) is 0. The first-order valence-corrected chi connectivity index (χ1v) is 6.63. The molecule has 0 amide bonds. The van der Waals surface area contributed by atoms with Crippen LogP contribution in [0.3, 0.4) is 0 Å². The Morgan fingerprint density at radius 2 is 2.14 bits per heavy atom. The molecule has 2 aromatic rings. The number of nitrogens with zero attached hydrogens (tertiary/aromatic N) is 2. The van der Waals surface area contributed by atoms with Crippen molar-refractivity contribution < 1.29 is 4.52 Å². The van der Waals surface area contributed by atoms with E-state index in [4.69, 9.17) is 10.3 Å². The van der Waals surface area contributed by atoms with Gasteiger partial charge in [0.2, 0.25) is 0 Å². The van der Waals surface area contributed by atoms with Crippen LogP contribution in [-0.4, -0.2) is 11.1 Å². The largest absolute Gasteiger partial charge is 0.370 e. The van der Waals surface area contributed by atoms with Crippen LogP contribution in [0.15, 0.2) is 39.8 Å². The van der Waals surface area contributed by atoms with Gasteiger partial charge in [0.15, 0.2) is 11.7 Å². The minimum absolute atomic E-state index is 0. The highest BCUT2D eigenvalue weighted by Gasteiger charge is 2.02. The number of aryl methyl sites for hydroxylation is 1. The lowest BCUT2D eigenvalue weighted by molar-refractivity contribution is 0.381. The highest BCUT2D eigenvalue weighted by Crippen LogP contribution is 2.18. The zero-order valence-corrected chi connectivity index (χ0v) is 14.8. The molecule has 0 saturated carbocycles. The summed E-state index contributed by atoms with van der Waals surface area (Å²) in [5.74, 6) is 1.54. The number of anilines is 1. The summed E-state index contributed by atoms with van der Waals surface area (Å²) in [5, 5.41) is 6.88. The molecule has 6 heteroatoms. The van der Waals surface area contributed by atoms with Gasteiger partial charge >= 0.3 is 0 Å². The zero-order chi connectivity index (χ0) is 14.5. The predicted octanol–water partition coefficient (Wildman–Crippen LogP) is 3.65. The predicted molar refractivity (Wildman–Crippen MR) is 96.1 cm³/mol. The minimum Gasteiger partial charge on any atom is -0.370 e. The quantitative estimate of drug-likeness (QED) is 0.467. The van der Waals surface area contributed by atoms with Crippen molar-refractivity contribution in [1.82, 2.24) is 5.16 Å². The van der Waals surface area contributed by atoms with E-state index in [1.54, 1.807) is 0 Å². The summed E-state index contributed by atoms with van der Waals surface area (Å²) >= 11 is 0. The summed E-state index contributed by atoms with van der Waals surface area (Å²) in [5.41, 5.74) is 8.90. The van der Waals surface area contributed by atoms with Gasteiger partial charge in [0.05, 0.1) is 5.69 Å². The molecule has 0 radical (unpaired) electrons. The fraction of sp³-hybridized carbons (Fsp3) is 0.333. The molecular weight excluding hydrogens is 379 g/mol. The molecule has 1 aromatic heterocycles. The number of nitrogens with two attached hydrogens (primary N) is 1. The average Bonchev–Trinajstić information content (AvgIpc) is 2.82. The molecule has 0 atom stereocenters. The van der Waals surface area contributed by atoms with Crippen LogP contribution in [0.5, 0.6) is 0 Å². The van der Waals surface area contributed by atoms with Crippen molar-refractivity contribution in [2.24, 2.45) is 10.7 Å². The van der Waals surface area contributed by atoms with E-state index >= 15 is 0 Å². The molecule has 5 nitrogen and oxygen atoms in total. The molecule has 1 aromatic carbocycles. The van der Waals surface area contributed by atoms with Crippen LogP contribution in [0.4, 0.5) is 5.69 Å². The van der Waals surface area contributed by atoms with Gasteiger partial charge in [-0.25, -0.2) is 4.99 Å². The Morgan fingerprint density at radius 3 is 2.76 bits per heavy atom. The SMILES string of the molecule is Cc1cc(CN=C(N)Nc2cccc(C(C)C)c2)on1.I. The van der Waals surface area contributed by atoms with Gasteiger partial charge in [0, 0.05) is 11.8 Å². The second-order valence-corrected chi connectivity index (χ2v) is 5.04. The number of guanidine groups is 1. The molecule has 0 spiro atoms. The molecule has 3 N–H and O–H groups in total. The standard InChI is InChI=1S/C15H20N4O.HI/c1-10(2)12-5-4-6-13(8-12)18-15(16)17-9-14-7-11(3)19-20-14;/h4-8,10H,9H2,1-3H3,(H3,16,17,18);1H. The van der Waals surface area contributed by atoms with E-state index in [0.29, 0.717) is 24.2 Å². The van der Waals surface area contributed by atoms with Crippen molar-refractivity contribution in [2.45, 2.75) is 33.2 Å². The van der Waals surface area contributed by atoms with Crippen LogP contribution in [0.1, 0.15) is 36.8 Å². The van der Waals surface area contributed by atoms with Crippen LogP contribution in [0, 0.1) is 6.92 Å². The molecule has 0 saturated heterocycles. The second-order valence-electron chi connectivity index (χ2n) is 5.04. The van der Waals surface area contributed by atoms with Gasteiger partial charge in [-0.2, -0.15) is 0 Å². The van der Waals surface area contributed by atoms with E-state index in [-0.39, 0.29) is 24.0 Å². The molecule has 21 heavy (non-hydrogen) atoms. The van der Waals surface area contributed by atoms with Gasteiger partial charge in [-0.1, -0.05) is 31.1 Å². The van der Waals surface area contributed by atoms with Gasteiger partial charge in [0.1, 0.15) is 6.54 Å². The summed E-state index contributed by atoms with van der Waals surface area (Å²) in [4.78, 5) is 4.23. The second kappa shape index (κ2) is 8.02. The number of aliphatic imine (C=N–C) groups is 1. The molecule has 2 rings (SSSR count). The highest BCUT2D eigenvalue weighted by molar-refractivity contribution is 14.0. The molecule has 0 aliphatic heterocycles. The Labute approximate surface area is 142 Å². The number of nitrogens with one attached hydrogen (secondary N) is 1. The number of hydrogen-bond acceptors (Lipinski definition) is 3. The molecule has 0 unspecified atom stereocenters. The van der Waals surface area contributed by atoms with Crippen molar-refractivity contribution in [1.29, 1.82) is 0 Å². The van der Waals surface area contributed by atoms with Crippen molar-refractivity contribution in [2.75, 3.05) is 5.32 Å². The number of rotatable bonds is 4. The normalized spacial score (nSPS) is 11.3. The molecule has 0 aliphatic carbocycles. The smallest absolute Gasteiger partial charge is 0.193 e. The van der Waals surface area contributed by atoms with Gasteiger partial charge < -0.3 is 15.6 Å². The Morgan fingerprint density at radius 1 is 1.38 bits per heavy atom. The van der Waals surface area contributed by atoms with Crippen LogP contribution >= 0.6 is 24.0 Å². The third kappa shape index (κ3) is 5.37. The van der Waals surface area contributed by atoms with Crippen LogP contribution in [0.2, 0.25) is 0 Å². The van der Waals surface area contributed by atoms with Gasteiger partial charge in [-0.05, 0) is 30.5 Å². The lowest BCUT2D eigenvalue weighted by atomic mass is 10.0. The van der Waals surface area contributed by atoms with Crippen molar-refractivity contribution >= 4 is 35.6 Å². The van der Waals surface area contributed by atoms with Crippen LogP contribution in [0.25, 0.3) is 0 Å². The summed E-state index contributed by atoms with van der Waals surface area (Å²) in [6.45, 7) is 6.56. The minimum atomic E-state index is 0. The fourth-order valence-electron chi connectivity index (χ4n) is 1.82. The van der Waals surface area contributed by atoms with E-state index < -0.39 is 0 Å². The molecule has 0 bridgehead atoms. The molecule has 1 heterocycles. The molecule has 0 fully saturated rings. The Bertz CT molecular complexity index is 607. The lowest BCUT2D eigenvalue weighted by Gasteiger charge is -2.09. The van der Waals surface area contributed by atoms with Crippen molar-refractivity contribution in [3.63, 3.8) is 0 Å². The highest BCUT2D eigenvalue weighted by atomic mass is 127. The number of hydrogen-bond donors (Lipinski definition) is 2. The Balaban J connectivity index is 0.00000220. The number of halogens is 1. The fourth-order valence-corrected chi connectivity index (χ4v) is 1.82. The summed E-state index contributed by atoms with van der Waals surface area (Å²) in [6, 6.07) is 9.99. The van der Waals surface area contributed by atoms with Crippen molar-refractivity contribution in [3.05, 3.63) is 47.3 Å². The maximum absolute atomic E-state index is 5.86. The number of benzene rings is 1. The molecular formula is C15H21IN4O. The van der Waals surface area contributed by atoms with Gasteiger partial charge in [-0.15, -0.1) is 24.0 Å². The third-order valence-corrected chi connectivity index (χ3v) is 2.91. The topological polar surface area (TPSA) is 76.4 Å². The third-order valence-electron chi connectivity index (χ3n) is 2.91. The van der Waals surface area contributed by atoms with E-state index in [1.165, 1.54) is 5.56 Å². The number of aromatic nitrogens is 1. The van der Waals surface area contributed by atoms with Gasteiger partial charge in [-0.3, -0.25) is 0 Å². The van der Waals surface area contributed by atoms with E-state index in [0.717, 1.165) is 11.4 Å². The first-order valence-electron chi connectivity index (χ1n) is 6.63. The zero-order valence-electron chi connectivity index (χ0n) is 12.5. The van der Waals surface area contributed by atoms with Crippen LogP contribution < -0.4 is 11.1 Å². The first kappa shape index (κ1) is 17.5. The average molecular weight is 400 g/mol. The summed E-state index contributed by atoms with van der Waals surface area (Å²) < 4.78 is 5.08. The molecule has 114 valence electrons. The first-order chi connectivity index (χ1) is 9.54. The summed E-state index contributed by atoms with van der Waals surface area (Å²) in [7, 11) is 0. The Hall–Kier alpha value is -1.57. The maximum Gasteiger partial charge on any atom is 0.193 e. The van der Waals surface area contributed by atoms with E-state index in [9.17, 15) is 0 Å². The maximum atomic E-state index is 5.86. The lowest BCUT2D eigenvalue weighted by Crippen LogP contribution is -2.22. The van der Waals surface area contributed by atoms with Crippen molar-refractivity contribution in [3.8, 4) is 0 Å². The van der Waals surface area contributed by atoms with Crippen LogP contribution in [-0.2, 0) is 6.54 Å².